The predicted molar refractivity (Wildman–Crippen MR) is 17.4 cm³/mol. The Bertz CT molecular complexity index is 3.25. The van der Waals surface area contributed by atoms with Gasteiger partial charge >= 0.3 is 0 Å². The molecular formula is H6BF3. The molecule has 0 spiro atoms. The summed E-state index contributed by atoms with van der Waals surface area (Å²) in [4.78, 5) is 0. The first-order valence-corrected chi connectivity index (χ1v) is 0. The van der Waals surface area contributed by atoms with Crippen LogP contribution in [0.3, 0.4) is 0 Å². The maximum Gasteiger partial charge on any atom is 0.0814 e. The van der Waals surface area contributed by atoms with E-state index in [0.29, 0.717) is 0 Å². The lowest BCUT2D eigenvalue weighted by Crippen LogP contribution is -0.381. The molecule has 0 N–H and O–H groups in total. The van der Waals surface area contributed by atoms with Gasteiger partial charge < -0.3 is 0 Å². The Hall–Kier alpha value is -0.145. The smallest absolute Gasteiger partial charge is 0.0814 e. The van der Waals surface area contributed by atoms with Gasteiger partial charge in [0.25, 0.3) is 0 Å². The molecule has 0 unspecified atom stereocenters. The standard InChI is InChI=1S/BH3.3FH/h1H3;3*1H. The third-order valence-electron chi connectivity index (χ3n) is 0. The second-order valence-corrected chi connectivity index (χ2v) is 0. The summed E-state index contributed by atoms with van der Waals surface area (Å²) in [5.74, 6) is 0. The van der Waals surface area contributed by atoms with Gasteiger partial charge in [0.2, 0.25) is 0 Å². The van der Waals surface area contributed by atoms with Gasteiger partial charge in [0.05, 0.1) is 8.41 Å². The van der Waals surface area contributed by atoms with E-state index in [-0.39, 0.29) is 22.5 Å². The van der Waals surface area contributed by atoms with E-state index in [1.165, 1.54) is 0 Å². The van der Waals surface area contributed by atoms with Crippen molar-refractivity contribution in [1.82, 2.24) is 0 Å². The van der Waals surface area contributed by atoms with Gasteiger partial charge in [-0.1, -0.05) is 0 Å². The highest BCUT2D eigenvalue weighted by Crippen LogP contribution is 0.422. The highest BCUT2D eigenvalue weighted by Gasteiger charge is 0.0814. The maximum atomic E-state index is 0. The van der Waals surface area contributed by atoms with Crippen LogP contribution in [0.5, 0.6) is 0 Å². The summed E-state index contributed by atoms with van der Waals surface area (Å²) in [6.07, 6.45) is 0. The van der Waals surface area contributed by atoms with Gasteiger partial charge in [0, 0.05) is 0 Å². The molecule has 0 aromatic heterocycles. The lowest BCUT2D eigenvalue weighted by Gasteiger charge is -0.270. The number of rotatable bonds is 0. The molecule has 0 amide bonds. The van der Waals surface area contributed by atoms with Crippen molar-refractivity contribution in [2.75, 3.05) is 0 Å². The number of hydrogen-bond donors (Lipinski definition) is 0. The topological polar surface area (TPSA) is 0 Å². The summed E-state index contributed by atoms with van der Waals surface area (Å²) in [6, 6.07) is 0. The summed E-state index contributed by atoms with van der Waals surface area (Å²) in [7, 11) is 0. The predicted octanol–water partition coefficient (Wildman–Crippen LogP) is -0.726. The molecule has 0 aliphatic rings. The molecule has 0 fully saturated rings. The molecule has 4 heteroatoms. The van der Waals surface area contributed by atoms with Crippen molar-refractivity contribution in [3.63, 3.8) is 0 Å². The molecule has 0 heterocycles. The Morgan fingerprint density at radius 2 is 0.500 bits per heavy atom. The molecule has 0 radical (unpaired) electrons. The average molecular weight is 73.9 g/mol. The normalized spacial score (nSPS) is 0. The second kappa shape index (κ2) is 467. The van der Waals surface area contributed by atoms with E-state index in [1.807, 2.05) is 0 Å². The molecule has 0 rings (SSSR count). The van der Waals surface area contributed by atoms with Gasteiger partial charge in [-0.2, -0.15) is 0 Å². The number of halogens is 3. The zero-order valence-electron chi connectivity index (χ0n) is 1.22. The van der Waals surface area contributed by atoms with Crippen LogP contribution in [0.2, 0.25) is 0 Å². The molecule has 0 atom stereocenters. The Balaban J connectivity index is 0. The van der Waals surface area contributed by atoms with Gasteiger partial charge in [-0.15, -0.1) is 0 Å². The van der Waals surface area contributed by atoms with Crippen LogP contribution in [0.4, 0.5) is 14.1 Å². The van der Waals surface area contributed by atoms with Crippen molar-refractivity contribution < 1.29 is 14.1 Å². The third kappa shape index (κ3) is 64.4. The van der Waals surface area contributed by atoms with Crippen molar-refractivity contribution in [3.8, 4) is 0 Å². The minimum atomic E-state index is 0. The third-order valence-corrected chi connectivity index (χ3v) is 0. The van der Waals surface area contributed by atoms with Crippen molar-refractivity contribution in [1.29, 1.82) is 0 Å². The molecular weight excluding hydrogens is 67.8 g/mol. The van der Waals surface area contributed by atoms with E-state index in [2.05, 4.69) is 0 Å². The molecule has 0 saturated heterocycles. The molecule has 0 aromatic rings. The molecule has 0 nitrogen and oxygen atoms in total. The zero-order valence-corrected chi connectivity index (χ0v) is 1.22. The Morgan fingerprint density at radius 1 is 0.500 bits per heavy atom. The monoisotopic (exact) mass is 74.1 g/mol. The van der Waals surface area contributed by atoms with Crippen LogP contribution >= 0.6 is 0 Å². The van der Waals surface area contributed by atoms with E-state index < -0.39 is 0 Å². The first-order valence-electron chi connectivity index (χ1n) is 0. The van der Waals surface area contributed by atoms with Crippen LogP contribution in [-0.2, 0) is 0 Å². The fourth-order valence-corrected chi connectivity index (χ4v) is 0. The van der Waals surface area contributed by atoms with Crippen molar-refractivity contribution >= 4 is 8.41 Å². The largest absolute Gasteiger partial charge is 0.269 e. The van der Waals surface area contributed by atoms with Gasteiger partial charge in [0.1, 0.15) is 0 Å². The SMILES string of the molecule is B.F.F.F. The molecule has 30 valence electrons. The Labute approximate surface area is 23.9 Å². The highest BCUT2D eigenvalue weighted by molar-refractivity contribution is 5.75. The molecule has 0 aliphatic carbocycles. The Kier molecular flexibility index (Phi) is 174000. The minimum absolute atomic E-state index is 0. The van der Waals surface area contributed by atoms with E-state index in [0.717, 1.165) is 0 Å². The molecule has 0 bridgehead atoms. The lowest BCUT2D eigenvalue weighted by atomic mass is 10.8. The van der Waals surface area contributed by atoms with E-state index in [1.54, 1.807) is 0 Å². The lowest BCUT2D eigenvalue weighted by molar-refractivity contribution is 1.11. The summed E-state index contributed by atoms with van der Waals surface area (Å²) in [6.45, 7) is 0. The Morgan fingerprint density at radius 3 is 0.500 bits per heavy atom. The van der Waals surface area contributed by atoms with Gasteiger partial charge in [-0.05, 0) is 0 Å². The first-order chi connectivity index (χ1) is 0. The highest BCUT2D eigenvalue weighted by atomic mass is 19.0. The van der Waals surface area contributed by atoms with E-state index in [9.17, 15) is 0 Å². The van der Waals surface area contributed by atoms with E-state index in [4.69, 9.17) is 0 Å². The van der Waals surface area contributed by atoms with Crippen molar-refractivity contribution in [2.45, 2.75) is 0 Å². The van der Waals surface area contributed by atoms with E-state index >= 15 is 0 Å². The molecule has 0 saturated carbocycles. The summed E-state index contributed by atoms with van der Waals surface area (Å²) in [5, 5.41) is 0. The van der Waals surface area contributed by atoms with Crippen LogP contribution in [0, 0.1) is 0 Å². The van der Waals surface area contributed by atoms with Gasteiger partial charge in [0.15, 0.2) is 0 Å². The average Bonchev–Trinajstić information content (AvgIpc) is 0. The van der Waals surface area contributed by atoms with Crippen LogP contribution in [0.25, 0.3) is 0 Å². The number of hydrogen-bond acceptors (Lipinski definition) is 0. The fraction of sp³-hybridized carbons (Fsp3) is 0. The van der Waals surface area contributed by atoms with Crippen LogP contribution in [0.15, 0.2) is 0 Å². The summed E-state index contributed by atoms with van der Waals surface area (Å²) < 4.78 is 0. The fourth-order valence-electron chi connectivity index (χ4n) is 0. The van der Waals surface area contributed by atoms with Gasteiger partial charge in [-0.3, -0.25) is 14.1 Å². The summed E-state index contributed by atoms with van der Waals surface area (Å²) in [5.41, 5.74) is 0. The van der Waals surface area contributed by atoms with Crippen molar-refractivity contribution in [2.24, 2.45) is 0 Å². The first kappa shape index (κ1) is 1490. The molecule has 4 heavy (non-hydrogen) atoms. The molecule has 0 aromatic carbocycles. The van der Waals surface area contributed by atoms with Crippen LogP contribution in [-0.4, -0.2) is 8.41 Å². The van der Waals surface area contributed by atoms with Gasteiger partial charge in [-0.25, -0.2) is 0 Å². The quantitative estimate of drug-likeness (QED) is 0.332. The van der Waals surface area contributed by atoms with Crippen molar-refractivity contribution in [3.05, 3.63) is 0 Å². The molecule has 0 aliphatic heterocycles. The second-order valence-electron chi connectivity index (χ2n) is 0. The minimum Gasteiger partial charge on any atom is -0.269 e. The van der Waals surface area contributed by atoms with Crippen LogP contribution in [0.1, 0.15) is 0 Å². The summed E-state index contributed by atoms with van der Waals surface area (Å²) >= 11 is 0. The zero-order chi connectivity index (χ0) is 0. The van der Waals surface area contributed by atoms with Crippen LogP contribution < -0.4 is 0 Å². The maximum absolute atomic E-state index is 0.